The third-order valence-corrected chi connectivity index (χ3v) is 5.40. The van der Waals surface area contributed by atoms with E-state index in [-0.39, 0.29) is 29.3 Å². The molecular formula is C23H30ClFN2O3. The van der Waals surface area contributed by atoms with Crippen LogP contribution in [0.15, 0.2) is 30.0 Å². The largest absolute Gasteiger partial charge is 0.481 e. The summed E-state index contributed by atoms with van der Waals surface area (Å²) in [5.74, 6) is -1.43. The van der Waals surface area contributed by atoms with Crippen LogP contribution in [-0.2, 0) is 10.3 Å². The number of benzene rings is 1. The summed E-state index contributed by atoms with van der Waals surface area (Å²) in [5, 5.41) is 12.1. The maximum absolute atomic E-state index is 15.0. The fourth-order valence-corrected chi connectivity index (χ4v) is 3.70. The Balaban J connectivity index is 2.50. The number of aliphatic carboxylic acids is 1. The van der Waals surface area contributed by atoms with Crippen molar-refractivity contribution < 1.29 is 19.1 Å². The van der Waals surface area contributed by atoms with Crippen LogP contribution in [0, 0.1) is 17.2 Å². The first-order valence-electron chi connectivity index (χ1n) is 9.96. The smallest absolute Gasteiger partial charge is 0.322 e. The minimum atomic E-state index is -0.983. The molecule has 2 rings (SSSR count). The molecule has 0 fully saturated rings. The zero-order valence-corrected chi connectivity index (χ0v) is 19.1. The number of hydrogen-bond acceptors (Lipinski definition) is 2. The highest BCUT2D eigenvalue weighted by atomic mass is 35.5. The second-order valence-corrected chi connectivity index (χ2v) is 9.59. The van der Waals surface area contributed by atoms with Crippen molar-refractivity contribution in [1.82, 2.24) is 10.2 Å². The average molecular weight is 437 g/mol. The molecule has 0 unspecified atom stereocenters. The lowest BCUT2D eigenvalue weighted by Gasteiger charge is -2.42. The molecule has 1 aromatic rings. The summed E-state index contributed by atoms with van der Waals surface area (Å²) in [6.07, 6.45) is 5.07. The first-order valence-corrected chi connectivity index (χ1v) is 10.3. The summed E-state index contributed by atoms with van der Waals surface area (Å²) in [6.45, 7) is 11.8. The SMILES string of the molecule is CC(C)C1=CN(CCC(=O)O)C(=O)N[C@@]1(C)c1cc(F)c(/C=C/C(C)(C)C)c(Cl)c1. The van der Waals surface area contributed by atoms with E-state index in [1.807, 2.05) is 40.7 Å². The number of nitrogens with zero attached hydrogens (tertiary/aromatic N) is 1. The molecule has 0 radical (unpaired) electrons. The normalized spacial score (nSPS) is 20.0. The van der Waals surface area contributed by atoms with Gasteiger partial charge in [0.05, 0.1) is 17.0 Å². The van der Waals surface area contributed by atoms with Gasteiger partial charge in [0.25, 0.3) is 0 Å². The minimum Gasteiger partial charge on any atom is -0.481 e. The lowest BCUT2D eigenvalue weighted by atomic mass is 9.78. The molecule has 1 atom stereocenters. The second kappa shape index (κ2) is 8.80. The van der Waals surface area contributed by atoms with Gasteiger partial charge in [-0.05, 0) is 41.5 Å². The first-order chi connectivity index (χ1) is 13.7. The van der Waals surface area contributed by atoms with Crippen molar-refractivity contribution in [2.75, 3.05) is 6.54 Å². The van der Waals surface area contributed by atoms with Gasteiger partial charge in [0.15, 0.2) is 0 Å². The molecular weight excluding hydrogens is 407 g/mol. The summed E-state index contributed by atoms with van der Waals surface area (Å²) in [4.78, 5) is 24.9. The molecule has 1 aliphatic heterocycles. The molecule has 0 aliphatic carbocycles. The van der Waals surface area contributed by atoms with E-state index in [0.29, 0.717) is 11.1 Å². The first kappa shape index (κ1) is 23.9. The van der Waals surface area contributed by atoms with Crippen molar-refractivity contribution in [3.63, 3.8) is 0 Å². The van der Waals surface area contributed by atoms with Crippen molar-refractivity contribution in [1.29, 1.82) is 0 Å². The third-order valence-electron chi connectivity index (χ3n) is 5.09. The summed E-state index contributed by atoms with van der Waals surface area (Å²) >= 11 is 6.42. The number of carboxylic acid groups (broad SMARTS) is 1. The average Bonchev–Trinajstić information content (AvgIpc) is 2.58. The summed E-state index contributed by atoms with van der Waals surface area (Å²) in [7, 11) is 0. The van der Waals surface area contributed by atoms with Gasteiger partial charge in [0, 0.05) is 18.3 Å². The van der Waals surface area contributed by atoms with Gasteiger partial charge >= 0.3 is 12.0 Å². The Morgan fingerprint density at radius 3 is 2.50 bits per heavy atom. The molecule has 30 heavy (non-hydrogen) atoms. The van der Waals surface area contributed by atoms with Gasteiger partial charge in [-0.15, -0.1) is 0 Å². The zero-order chi connectivity index (χ0) is 22.9. The molecule has 2 amide bonds. The second-order valence-electron chi connectivity index (χ2n) is 9.18. The van der Waals surface area contributed by atoms with Crippen LogP contribution in [0.4, 0.5) is 9.18 Å². The van der Waals surface area contributed by atoms with Crippen molar-refractivity contribution in [2.24, 2.45) is 11.3 Å². The lowest BCUT2D eigenvalue weighted by molar-refractivity contribution is -0.137. The molecule has 0 bridgehead atoms. The molecule has 2 N–H and O–H groups in total. The van der Waals surface area contributed by atoms with Gasteiger partial charge in [0.2, 0.25) is 0 Å². The molecule has 1 aromatic carbocycles. The fourth-order valence-electron chi connectivity index (χ4n) is 3.43. The van der Waals surface area contributed by atoms with E-state index in [1.165, 1.54) is 11.0 Å². The van der Waals surface area contributed by atoms with Crippen LogP contribution in [0.2, 0.25) is 5.02 Å². The predicted molar refractivity (Wildman–Crippen MR) is 118 cm³/mol. The number of carbonyl (C=O) groups excluding carboxylic acids is 1. The Labute approximate surface area is 182 Å². The standard InChI is InChI=1S/C23H30ClFN2O3/c1-14(2)17-13-27(10-8-20(28)29)21(30)26-23(17,6)15-11-18(24)16(19(25)12-15)7-9-22(3,4)5/h7,9,11-14H,8,10H2,1-6H3,(H,26,30)(H,28,29)/b9-7+/t23-/m0/s1. The highest BCUT2D eigenvalue weighted by molar-refractivity contribution is 6.32. The molecule has 5 nitrogen and oxygen atoms in total. The molecule has 0 saturated heterocycles. The van der Waals surface area contributed by atoms with Gasteiger partial charge in [-0.3, -0.25) is 4.79 Å². The predicted octanol–water partition coefficient (Wildman–Crippen LogP) is 5.79. The number of rotatable bonds is 6. The molecule has 7 heteroatoms. The maximum Gasteiger partial charge on any atom is 0.322 e. The molecule has 164 valence electrons. The van der Waals surface area contributed by atoms with Crippen LogP contribution in [0.3, 0.4) is 0 Å². The highest BCUT2D eigenvalue weighted by Crippen LogP contribution is 2.39. The van der Waals surface area contributed by atoms with E-state index >= 15 is 0 Å². The van der Waals surface area contributed by atoms with Crippen LogP contribution < -0.4 is 5.32 Å². The third kappa shape index (κ3) is 5.42. The molecule has 1 aliphatic rings. The molecule has 0 spiro atoms. The van der Waals surface area contributed by atoms with Crippen molar-refractivity contribution in [3.05, 3.63) is 51.9 Å². The maximum atomic E-state index is 15.0. The van der Waals surface area contributed by atoms with E-state index in [1.54, 1.807) is 25.3 Å². The zero-order valence-electron chi connectivity index (χ0n) is 18.3. The molecule has 0 saturated carbocycles. The Morgan fingerprint density at radius 2 is 2.00 bits per heavy atom. The monoisotopic (exact) mass is 436 g/mol. The number of hydrogen-bond donors (Lipinski definition) is 2. The van der Waals surface area contributed by atoms with E-state index in [9.17, 15) is 14.0 Å². The number of allylic oxidation sites excluding steroid dienone is 1. The van der Waals surface area contributed by atoms with Crippen molar-refractivity contribution >= 4 is 29.7 Å². The van der Waals surface area contributed by atoms with Crippen LogP contribution in [0.1, 0.15) is 59.1 Å². The van der Waals surface area contributed by atoms with Gasteiger partial charge in [-0.25, -0.2) is 9.18 Å². The summed E-state index contributed by atoms with van der Waals surface area (Å²) in [6, 6.07) is 2.64. The molecule has 1 heterocycles. The van der Waals surface area contributed by atoms with Crippen LogP contribution in [-0.4, -0.2) is 28.6 Å². The fraction of sp³-hybridized carbons (Fsp3) is 0.478. The summed E-state index contributed by atoms with van der Waals surface area (Å²) in [5.41, 5.74) is 0.580. The van der Waals surface area contributed by atoms with Crippen LogP contribution >= 0.6 is 11.6 Å². The Kier molecular flexibility index (Phi) is 7.02. The molecule has 0 aromatic heterocycles. The van der Waals surface area contributed by atoms with E-state index in [4.69, 9.17) is 16.7 Å². The summed E-state index contributed by atoms with van der Waals surface area (Å²) < 4.78 is 15.0. The van der Waals surface area contributed by atoms with Crippen LogP contribution in [0.25, 0.3) is 6.08 Å². The van der Waals surface area contributed by atoms with E-state index in [0.717, 1.165) is 5.57 Å². The number of halogens is 2. The van der Waals surface area contributed by atoms with Crippen LogP contribution in [0.5, 0.6) is 0 Å². The van der Waals surface area contributed by atoms with Gasteiger partial charge < -0.3 is 15.3 Å². The highest BCUT2D eigenvalue weighted by Gasteiger charge is 2.40. The quantitative estimate of drug-likeness (QED) is 0.592. The number of carbonyl (C=O) groups is 2. The van der Waals surface area contributed by atoms with Crippen molar-refractivity contribution in [2.45, 2.75) is 53.5 Å². The number of nitrogens with one attached hydrogen (secondary N) is 1. The number of amides is 2. The lowest BCUT2D eigenvalue weighted by Crippen LogP contribution is -2.55. The Hall–Kier alpha value is -2.34. The van der Waals surface area contributed by atoms with Crippen molar-refractivity contribution in [3.8, 4) is 0 Å². The Bertz CT molecular complexity index is 879. The van der Waals surface area contributed by atoms with E-state index < -0.39 is 23.4 Å². The van der Waals surface area contributed by atoms with Gasteiger partial charge in [0.1, 0.15) is 5.82 Å². The van der Waals surface area contributed by atoms with Gasteiger partial charge in [-0.1, -0.05) is 58.4 Å². The minimum absolute atomic E-state index is 0.0187. The number of urea groups is 1. The Morgan fingerprint density at radius 1 is 1.37 bits per heavy atom. The van der Waals surface area contributed by atoms with Gasteiger partial charge in [-0.2, -0.15) is 0 Å². The number of carboxylic acids is 1. The topological polar surface area (TPSA) is 69.6 Å². The van der Waals surface area contributed by atoms with E-state index in [2.05, 4.69) is 5.32 Å².